The van der Waals surface area contributed by atoms with E-state index in [1.54, 1.807) is 0 Å². The smallest absolute Gasteiger partial charge is 0.251 e. The number of nitrogens with zero attached hydrogens (tertiary/aromatic N) is 1. The zero-order valence-corrected chi connectivity index (χ0v) is 17.3. The molecule has 0 spiro atoms. The second-order valence-corrected chi connectivity index (χ2v) is 8.86. The Labute approximate surface area is 169 Å². The van der Waals surface area contributed by atoms with E-state index in [0.717, 1.165) is 18.6 Å². The van der Waals surface area contributed by atoms with Crippen LogP contribution in [0.5, 0.6) is 0 Å². The van der Waals surface area contributed by atoms with Crippen LogP contribution >= 0.6 is 11.3 Å². The van der Waals surface area contributed by atoms with E-state index < -0.39 is 11.6 Å². The van der Waals surface area contributed by atoms with E-state index in [9.17, 15) is 13.6 Å². The first-order valence-corrected chi connectivity index (χ1v) is 10.8. The van der Waals surface area contributed by atoms with Crippen molar-refractivity contribution >= 4 is 17.2 Å². The van der Waals surface area contributed by atoms with Gasteiger partial charge in [0.05, 0.1) is 0 Å². The third-order valence-corrected chi connectivity index (χ3v) is 6.69. The van der Waals surface area contributed by atoms with Gasteiger partial charge in [-0.05, 0) is 74.8 Å². The lowest BCUT2D eigenvalue weighted by molar-refractivity contribution is 0.0946. The number of nitrogens with one attached hydrogen (secondary N) is 1. The quantitative estimate of drug-likeness (QED) is 0.681. The zero-order valence-electron chi connectivity index (χ0n) is 16.5. The van der Waals surface area contributed by atoms with E-state index in [1.807, 2.05) is 11.3 Å². The number of rotatable bonds is 7. The fourth-order valence-corrected chi connectivity index (χ4v) is 5.30. The van der Waals surface area contributed by atoms with Crippen LogP contribution in [-0.4, -0.2) is 31.4 Å². The molecule has 1 aliphatic carbocycles. The predicted octanol–water partition coefficient (Wildman–Crippen LogP) is 5.26. The fourth-order valence-electron chi connectivity index (χ4n) is 4.29. The van der Waals surface area contributed by atoms with Crippen LogP contribution in [0.25, 0.3) is 0 Å². The van der Waals surface area contributed by atoms with E-state index in [4.69, 9.17) is 0 Å². The van der Waals surface area contributed by atoms with Gasteiger partial charge in [0, 0.05) is 23.0 Å². The van der Waals surface area contributed by atoms with Gasteiger partial charge in [0.25, 0.3) is 5.91 Å². The summed E-state index contributed by atoms with van der Waals surface area (Å²) in [5.41, 5.74) is 0.160. The number of benzene rings is 1. The van der Waals surface area contributed by atoms with E-state index in [0.29, 0.717) is 24.4 Å². The number of thiophene rings is 1. The molecular weight excluding hydrogens is 378 g/mol. The molecule has 28 heavy (non-hydrogen) atoms. The summed E-state index contributed by atoms with van der Waals surface area (Å²) < 4.78 is 26.2. The second kappa shape index (κ2) is 9.61. The average Bonchev–Trinajstić information content (AvgIpc) is 3.19. The Morgan fingerprint density at radius 2 is 1.93 bits per heavy atom. The standard InChI is InChI=1S/C22H28F2N2OS/c1-26(2)21(20-4-3-13-28-20)16-7-5-15(6-8-16)11-12-25-22(27)17-9-10-18(23)19(24)14-17/h3-4,9-10,13-16,21H,5-8,11-12H2,1-2H3,(H,25,27). The van der Waals surface area contributed by atoms with Gasteiger partial charge in [-0.25, -0.2) is 8.78 Å². The molecule has 0 bridgehead atoms. The van der Waals surface area contributed by atoms with Crippen LogP contribution in [0.15, 0.2) is 35.7 Å². The molecule has 3 rings (SSSR count). The molecule has 1 fully saturated rings. The SMILES string of the molecule is CN(C)C(c1cccs1)C1CCC(CCNC(=O)c2ccc(F)c(F)c2)CC1. The van der Waals surface area contributed by atoms with Crippen molar-refractivity contribution in [2.24, 2.45) is 11.8 Å². The first kappa shape index (κ1) is 20.9. The molecule has 1 aromatic heterocycles. The van der Waals surface area contributed by atoms with E-state index in [1.165, 1.54) is 36.6 Å². The Morgan fingerprint density at radius 1 is 1.18 bits per heavy atom. The van der Waals surface area contributed by atoms with Gasteiger partial charge in [-0.1, -0.05) is 18.9 Å². The predicted molar refractivity (Wildman–Crippen MR) is 110 cm³/mol. The van der Waals surface area contributed by atoms with Gasteiger partial charge in [0.15, 0.2) is 11.6 Å². The third-order valence-electron chi connectivity index (χ3n) is 5.75. The van der Waals surface area contributed by atoms with Crippen LogP contribution in [-0.2, 0) is 0 Å². The highest BCUT2D eigenvalue weighted by Gasteiger charge is 2.30. The minimum absolute atomic E-state index is 0.160. The molecule has 1 saturated carbocycles. The summed E-state index contributed by atoms with van der Waals surface area (Å²) in [6, 6.07) is 8.08. The number of halogens is 2. The van der Waals surface area contributed by atoms with Crippen molar-refractivity contribution in [3.63, 3.8) is 0 Å². The van der Waals surface area contributed by atoms with Gasteiger partial charge >= 0.3 is 0 Å². The van der Waals surface area contributed by atoms with E-state index in [-0.39, 0.29) is 11.5 Å². The summed E-state index contributed by atoms with van der Waals surface area (Å²) in [4.78, 5) is 15.9. The summed E-state index contributed by atoms with van der Waals surface area (Å²) in [5, 5.41) is 4.98. The first-order chi connectivity index (χ1) is 13.5. The van der Waals surface area contributed by atoms with Gasteiger partial charge in [-0.2, -0.15) is 0 Å². The lowest BCUT2D eigenvalue weighted by Crippen LogP contribution is -2.31. The maximum absolute atomic E-state index is 13.3. The van der Waals surface area contributed by atoms with Crippen molar-refractivity contribution in [3.05, 3.63) is 57.8 Å². The van der Waals surface area contributed by atoms with Gasteiger partial charge < -0.3 is 10.2 Å². The highest BCUT2D eigenvalue weighted by Crippen LogP contribution is 2.41. The van der Waals surface area contributed by atoms with Gasteiger partial charge in [-0.15, -0.1) is 11.3 Å². The Kier molecular flexibility index (Phi) is 7.18. The van der Waals surface area contributed by atoms with Crippen molar-refractivity contribution in [1.29, 1.82) is 0 Å². The summed E-state index contributed by atoms with van der Waals surface area (Å²) in [6.45, 7) is 0.565. The molecule has 0 saturated heterocycles. The Hall–Kier alpha value is -1.79. The zero-order chi connectivity index (χ0) is 20.1. The maximum Gasteiger partial charge on any atom is 0.251 e. The minimum atomic E-state index is -0.993. The van der Waals surface area contributed by atoms with Gasteiger partial charge in [-0.3, -0.25) is 4.79 Å². The third kappa shape index (κ3) is 5.17. The Morgan fingerprint density at radius 3 is 2.54 bits per heavy atom. The van der Waals surface area contributed by atoms with Crippen LogP contribution in [0.2, 0.25) is 0 Å². The summed E-state index contributed by atoms with van der Waals surface area (Å²) in [6.07, 6.45) is 5.65. The normalized spacial score (nSPS) is 20.9. The molecule has 1 amide bonds. The van der Waals surface area contributed by atoms with Crippen molar-refractivity contribution in [2.45, 2.75) is 38.1 Å². The molecule has 2 aromatic rings. The molecule has 1 aromatic carbocycles. The van der Waals surface area contributed by atoms with Gasteiger partial charge in [0.1, 0.15) is 0 Å². The molecule has 1 aliphatic rings. The monoisotopic (exact) mass is 406 g/mol. The van der Waals surface area contributed by atoms with Crippen LogP contribution in [0.4, 0.5) is 8.78 Å². The van der Waals surface area contributed by atoms with Gasteiger partial charge in [0.2, 0.25) is 0 Å². The molecule has 1 atom stereocenters. The summed E-state index contributed by atoms with van der Waals surface area (Å²) >= 11 is 1.83. The van der Waals surface area contributed by atoms with Crippen LogP contribution in [0, 0.1) is 23.5 Å². The maximum atomic E-state index is 13.3. The molecule has 152 valence electrons. The molecule has 1 unspecified atom stereocenters. The topological polar surface area (TPSA) is 32.3 Å². The lowest BCUT2D eigenvalue weighted by Gasteiger charge is -2.37. The first-order valence-electron chi connectivity index (χ1n) is 9.88. The molecule has 1 N–H and O–H groups in total. The highest BCUT2D eigenvalue weighted by molar-refractivity contribution is 7.10. The highest BCUT2D eigenvalue weighted by atomic mass is 32.1. The molecule has 0 aliphatic heterocycles. The van der Waals surface area contributed by atoms with Crippen LogP contribution in [0.3, 0.4) is 0 Å². The van der Waals surface area contributed by atoms with Crippen molar-refractivity contribution < 1.29 is 13.6 Å². The van der Waals surface area contributed by atoms with Crippen molar-refractivity contribution in [1.82, 2.24) is 10.2 Å². The molecule has 0 radical (unpaired) electrons. The number of hydrogen-bond acceptors (Lipinski definition) is 3. The molecular formula is C22H28F2N2OS. The molecule has 6 heteroatoms. The summed E-state index contributed by atoms with van der Waals surface area (Å²) in [5.74, 6) is -1.01. The Balaban J connectivity index is 1.44. The van der Waals surface area contributed by atoms with Crippen LogP contribution in [0.1, 0.15) is 53.4 Å². The summed E-state index contributed by atoms with van der Waals surface area (Å²) in [7, 11) is 4.31. The van der Waals surface area contributed by atoms with E-state index >= 15 is 0 Å². The average molecular weight is 407 g/mol. The second-order valence-electron chi connectivity index (χ2n) is 7.88. The number of carbonyl (C=O) groups is 1. The lowest BCUT2D eigenvalue weighted by atomic mass is 9.76. The number of amides is 1. The minimum Gasteiger partial charge on any atom is -0.352 e. The fraction of sp³-hybridized carbons (Fsp3) is 0.500. The number of carbonyl (C=O) groups excluding carboxylic acids is 1. The molecule has 3 nitrogen and oxygen atoms in total. The van der Waals surface area contributed by atoms with Crippen LogP contribution < -0.4 is 5.32 Å². The van der Waals surface area contributed by atoms with E-state index in [2.05, 4.69) is 41.8 Å². The molecule has 1 heterocycles. The largest absolute Gasteiger partial charge is 0.352 e. The van der Waals surface area contributed by atoms with Crippen molar-refractivity contribution in [3.8, 4) is 0 Å². The van der Waals surface area contributed by atoms with Crippen molar-refractivity contribution in [2.75, 3.05) is 20.6 Å². The number of hydrogen-bond donors (Lipinski definition) is 1. The Bertz CT molecular complexity index is 771.